The van der Waals surface area contributed by atoms with E-state index < -0.39 is 33.7 Å². The molecular formula is C21H19ClF3N3O4S3. The van der Waals surface area contributed by atoms with Crippen molar-refractivity contribution in [2.24, 2.45) is 0 Å². The predicted molar refractivity (Wildman–Crippen MR) is 126 cm³/mol. The molecule has 0 bridgehead atoms. The van der Waals surface area contributed by atoms with Gasteiger partial charge in [0, 0.05) is 11.9 Å². The second kappa shape index (κ2) is 10.4. The first kappa shape index (κ1) is 25.9. The molecule has 0 radical (unpaired) electrons. The van der Waals surface area contributed by atoms with Gasteiger partial charge in [0.25, 0.3) is 10.0 Å². The van der Waals surface area contributed by atoms with Gasteiger partial charge in [0.2, 0.25) is 5.91 Å². The smallest absolute Gasteiger partial charge is 0.419 e. The number of alkyl halides is 3. The summed E-state index contributed by atoms with van der Waals surface area (Å²) in [7, 11) is -3.84. The number of carbonyl (C=O) groups is 1. The number of hydrogen-bond donors (Lipinski definition) is 1. The Morgan fingerprint density at radius 2 is 2.03 bits per heavy atom. The van der Waals surface area contributed by atoms with Gasteiger partial charge in [0.1, 0.15) is 27.6 Å². The summed E-state index contributed by atoms with van der Waals surface area (Å²) < 4.78 is 72.1. The van der Waals surface area contributed by atoms with Crippen LogP contribution in [0.25, 0.3) is 0 Å². The lowest BCUT2D eigenvalue weighted by atomic mass is 10.2. The van der Waals surface area contributed by atoms with Crippen molar-refractivity contribution in [2.75, 3.05) is 6.54 Å². The van der Waals surface area contributed by atoms with Crippen LogP contribution >= 0.6 is 34.3 Å². The van der Waals surface area contributed by atoms with Crippen LogP contribution in [0.15, 0.2) is 46.0 Å². The van der Waals surface area contributed by atoms with E-state index in [0.717, 1.165) is 17.4 Å². The number of thiazole rings is 1. The van der Waals surface area contributed by atoms with Gasteiger partial charge in [-0.25, -0.2) is 13.4 Å². The first-order chi connectivity index (χ1) is 16.6. The fourth-order valence-corrected chi connectivity index (χ4v) is 7.58. The Hall–Kier alpha value is -2.19. The molecule has 0 unspecified atom stereocenters. The van der Waals surface area contributed by atoms with Crippen molar-refractivity contribution in [3.8, 4) is 5.75 Å². The molecular weight excluding hydrogens is 547 g/mol. The lowest BCUT2D eigenvalue weighted by Gasteiger charge is -2.22. The van der Waals surface area contributed by atoms with E-state index in [0.29, 0.717) is 27.9 Å². The van der Waals surface area contributed by atoms with Gasteiger partial charge in [-0.15, -0.1) is 22.7 Å². The van der Waals surface area contributed by atoms with Crippen LogP contribution in [0.1, 0.15) is 29.1 Å². The number of aromatic nitrogens is 1. The van der Waals surface area contributed by atoms with E-state index in [4.69, 9.17) is 16.3 Å². The highest BCUT2D eigenvalue weighted by Crippen LogP contribution is 2.36. The van der Waals surface area contributed by atoms with Gasteiger partial charge in [-0.2, -0.15) is 17.5 Å². The molecule has 1 fully saturated rings. The third kappa shape index (κ3) is 5.97. The van der Waals surface area contributed by atoms with Gasteiger partial charge in [0.05, 0.1) is 22.1 Å². The van der Waals surface area contributed by atoms with Crippen molar-refractivity contribution >= 4 is 50.2 Å². The van der Waals surface area contributed by atoms with Gasteiger partial charge in [-0.1, -0.05) is 23.7 Å². The summed E-state index contributed by atoms with van der Waals surface area (Å²) in [6.07, 6.45) is -3.60. The Kier molecular flexibility index (Phi) is 7.71. The molecule has 1 amide bonds. The highest BCUT2D eigenvalue weighted by atomic mass is 35.5. The van der Waals surface area contributed by atoms with Crippen LogP contribution < -0.4 is 10.1 Å². The van der Waals surface area contributed by atoms with E-state index in [1.165, 1.54) is 46.0 Å². The first-order valence-electron chi connectivity index (χ1n) is 10.3. The number of halogens is 4. The van der Waals surface area contributed by atoms with E-state index in [9.17, 15) is 26.4 Å². The SMILES string of the molecule is O=C(NCc1nc(COc2ccccc2C(F)(F)F)cs1)[C@@H]1CCCN1S(=O)(=O)c1ccc(Cl)s1. The summed E-state index contributed by atoms with van der Waals surface area (Å²) in [4.78, 5) is 17.1. The van der Waals surface area contributed by atoms with E-state index in [2.05, 4.69) is 10.3 Å². The molecule has 4 rings (SSSR count). The second-order valence-corrected chi connectivity index (χ2v) is 12.3. The fraction of sp³-hybridized carbons (Fsp3) is 0.333. The standard InChI is InChI=1S/C21H19ClF3N3O4S3/c22-17-7-8-19(34-17)35(30,31)28-9-3-5-15(28)20(29)26-10-18-27-13(12-33-18)11-32-16-6-2-1-4-14(16)21(23,24)25/h1-2,4,6-8,12,15H,3,5,9-11H2,(H,26,29)/t15-/m0/s1. The average Bonchev–Trinajstić information content (AvgIpc) is 3.56. The number of thiophene rings is 1. The second-order valence-electron chi connectivity index (χ2n) is 7.57. The number of sulfonamides is 1. The monoisotopic (exact) mass is 565 g/mol. The Labute approximate surface area is 212 Å². The van der Waals surface area contributed by atoms with Crippen molar-refractivity contribution < 1.29 is 31.1 Å². The summed E-state index contributed by atoms with van der Waals surface area (Å²) in [5.41, 5.74) is -0.459. The van der Waals surface area contributed by atoms with Crippen molar-refractivity contribution in [2.45, 2.75) is 42.4 Å². The third-order valence-electron chi connectivity index (χ3n) is 5.20. The molecule has 188 valence electrons. The quantitative estimate of drug-likeness (QED) is 0.419. The number of carbonyl (C=O) groups excluding carboxylic acids is 1. The van der Waals surface area contributed by atoms with Crippen LogP contribution in [0.2, 0.25) is 4.34 Å². The summed E-state index contributed by atoms with van der Waals surface area (Å²) >= 11 is 8.01. The molecule has 1 saturated heterocycles. The number of nitrogens with one attached hydrogen (secondary N) is 1. The largest absolute Gasteiger partial charge is 0.487 e. The predicted octanol–water partition coefficient (Wildman–Crippen LogP) is 4.93. The van der Waals surface area contributed by atoms with Crippen LogP contribution in [0.4, 0.5) is 13.2 Å². The van der Waals surface area contributed by atoms with Gasteiger partial charge < -0.3 is 10.1 Å². The summed E-state index contributed by atoms with van der Waals surface area (Å²) in [6, 6.07) is 6.98. The summed E-state index contributed by atoms with van der Waals surface area (Å²) in [5, 5.41) is 4.85. The highest BCUT2D eigenvalue weighted by molar-refractivity contribution is 7.91. The van der Waals surface area contributed by atoms with Crippen LogP contribution in [0.5, 0.6) is 5.75 Å². The molecule has 14 heteroatoms. The van der Waals surface area contributed by atoms with Gasteiger partial charge in [0.15, 0.2) is 0 Å². The Morgan fingerprint density at radius 3 is 2.74 bits per heavy atom. The van der Waals surface area contributed by atoms with Gasteiger partial charge in [-0.05, 0) is 37.1 Å². The zero-order chi connectivity index (χ0) is 25.2. The number of amides is 1. The molecule has 7 nitrogen and oxygen atoms in total. The third-order valence-corrected chi connectivity index (χ3v) is 9.70. The van der Waals surface area contributed by atoms with Crippen molar-refractivity contribution in [3.63, 3.8) is 0 Å². The lowest BCUT2D eigenvalue weighted by Crippen LogP contribution is -2.45. The van der Waals surface area contributed by atoms with Crippen molar-refractivity contribution in [3.05, 3.63) is 62.4 Å². The van der Waals surface area contributed by atoms with Crippen LogP contribution in [0.3, 0.4) is 0 Å². The zero-order valence-corrected chi connectivity index (χ0v) is 21.1. The molecule has 3 heterocycles. The number of ether oxygens (including phenoxy) is 1. The number of rotatable bonds is 8. The number of benzene rings is 1. The van der Waals surface area contributed by atoms with E-state index in [-0.39, 0.29) is 29.7 Å². The lowest BCUT2D eigenvalue weighted by molar-refractivity contribution is -0.139. The van der Waals surface area contributed by atoms with E-state index in [1.807, 2.05) is 0 Å². The minimum Gasteiger partial charge on any atom is -0.487 e. The molecule has 1 aliphatic rings. The van der Waals surface area contributed by atoms with E-state index in [1.54, 1.807) is 5.38 Å². The molecule has 3 aromatic rings. The molecule has 0 saturated carbocycles. The molecule has 1 aromatic carbocycles. The van der Waals surface area contributed by atoms with Crippen LogP contribution in [-0.2, 0) is 34.1 Å². The van der Waals surface area contributed by atoms with Gasteiger partial charge >= 0.3 is 6.18 Å². The molecule has 35 heavy (non-hydrogen) atoms. The molecule has 0 aliphatic carbocycles. The fourth-order valence-electron chi connectivity index (χ4n) is 3.60. The molecule has 1 N–H and O–H groups in total. The number of nitrogens with zero attached hydrogens (tertiary/aromatic N) is 2. The summed E-state index contributed by atoms with van der Waals surface area (Å²) in [6.45, 7) is 0.113. The molecule has 2 aromatic heterocycles. The number of hydrogen-bond acceptors (Lipinski definition) is 7. The molecule has 0 spiro atoms. The maximum atomic E-state index is 13.1. The van der Waals surface area contributed by atoms with E-state index >= 15 is 0 Å². The normalized spacial score (nSPS) is 17.0. The first-order valence-corrected chi connectivity index (χ1v) is 13.8. The topological polar surface area (TPSA) is 88.6 Å². The summed E-state index contributed by atoms with van der Waals surface area (Å²) in [5.74, 6) is -0.738. The molecule has 1 atom stereocenters. The molecule has 1 aliphatic heterocycles. The van der Waals surface area contributed by atoms with Crippen molar-refractivity contribution in [1.29, 1.82) is 0 Å². The van der Waals surface area contributed by atoms with Crippen molar-refractivity contribution in [1.82, 2.24) is 14.6 Å². The van der Waals surface area contributed by atoms with Gasteiger partial charge in [-0.3, -0.25) is 4.79 Å². The minimum atomic E-state index is -4.54. The van der Waals surface area contributed by atoms with Crippen LogP contribution in [-0.4, -0.2) is 36.2 Å². The Bertz CT molecular complexity index is 1310. The maximum absolute atomic E-state index is 13.1. The maximum Gasteiger partial charge on any atom is 0.419 e. The Morgan fingerprint density at radius 1 is 1.26 bits per heavy atom. The number of para-hydroxylation sites is 1. The highest BCUT2D eigenvalue weighted by Gasteiger charge is 2.40. The van der Waals surface area contributed by atoms with Crippen LogP contribution in [0, 0.1) is 0 Å². The Balaban J connectivity index is 1.35. The average molecular weight is 566 g/mol. The zero-order valence-electron chi connectivity index (χ0n) is 17.9. The minimum absolute atomic E-state index is 0.0534.